The topological polar surface area (TPSA) is 105 Å². The summed E-state index contributed by atoms with van der Waals surface area (Å²) in [7, 11) is 3.09. The van der Waals surface area contributed by atoms with E-state index >= 15 is 0 Å². The summed E-state index contributed by atoms with van der Waals surface area (Å²) in [4.78, 5) is 34.8. The van der Waals surface area contributed by atoms with Crippen LogP contribution in [0.5, 0.6) is 17.2 Å². The number of hydrogen-bond acceptors (Lipinski definition) is 7. The SMILES string of the molecule is COc1ccc(C=CC(=O)c2ccc(OC(=O)c3ccc([N+](=O)[O-])cc3)cc2)c(OC)c1. The lowest BCUT2D eigenvalue weighted by Crippen LogP contribution is -2.08. The highest BCUT2D eigenvalue weighted by molar-refractivity contribution is 6.07. The highest BCUT2D eigenvalue weighted by Crippen LogP contribution is 2.26. The van der Waals surface area contributed by atoms with Crippen molar-refractivity contribution in [2.45, 2.75) is 0 Å². The fraction of sp³-hybridized carbons (Fsp3) is 0.0833. The first-order chi connectivity index (χ1) is 15.4. The number of methoxy groups -OCH3 is 2. The molecule has 0 aromatic heterocycles. The molecule has 0 bridgehead atoms. The third-order valence-electron chi connectivity index (χ3n) is 4.52. The maximum Gasteiger partial charge on any atom is 0.343 e. The van der Waals surface area contributed by atoms with E-state index in [9.17, 15) is 19.7 Å². The summed E-state index contributed by atoms with van der Waals surface area (Å²) in [5.74, 6) is 0.554. The molecule has 0 N–H and O–H groups in total. The molecule has 3 rings (SSSR count). The van der Waals surface area contributed by atoms with Crippen molar-refractivity contribution in [1.29, 1.82) is 0 Å². The molecule has 0 saturated carbocycles. The maximum atomic E-state index is 12.5. The molecule has 0 saturated heterocycles. The van der Waals surface area contributed by atoms with Gasteiger partial charge in [-0.2, -0.15) is 0 Å². The molecule has 8 nitrogen and oxygen atoms in total. The molecular formula is C24H19NO7. The van der Waals surface area contributed by atoms with Crippen LogP contribution in [-0.4, -0.2) is 30.9 Å². The number of nitrogens with zero attached hydrogens (tertiary/aromatic N) is 1. The Hall–Kier alpha value is -4.46. The number of nitro groups is 1. The Kier molecular flexibility index (Phi) is 6.97. The predicted octanol–water partition coefficient (Wildman–Crippen LogP) is 4.73. The highest BCUT2D eigenvalue weighted by Gasteiger charge is 2.12. The summed E-state index contributed by atoms with van der Waals surface area (Å²) in [6, 6.07) is 16.4. The van der Waals surface area contributed by atoms with Gasteiger partial charge in [0.15, 0.2) is 5.78 Å². The Labute approximate surface area is 183 Å². The van der Waals surface area contributed by atoms with E-state index in [2.05, 4.69) is 0 Å². The minimum Gasteiger partial charge on any atom is -0.497 e. The van der Waals surface area contributed by atoms with Gasteiger partial charge in [0.1, 0.15) is 17.2 Å². The Morgan fingerprint density at radius 1 is 0.844 bits per heavy atom. The number of benzene rings is 3. The Morgan fingerprint density at radius 2 is 1.47 bits per heavy atom. The monoisotopic (exact) mass is 433 g/mol. The quantitative estimate of drug-likeness (QED) is 0.126. The Morgan fingerprint density at radius 3 is 2.06 bits per heavy atom. The van der Waals surface area contributed by atoms with Gasteiger partial charge in [-0.15, -0.1) is 0 Å². The number of ether oxygens (including phenoxy) is 3. The molecular weight excluding hydrogens is 414 g/mol. The number of nitro benzene ring substituents is 1. The fourth-order valence-corrected chi connectivity index (χ4v) is 2.79. The number of allylic oxidation sites excluding steroid dienone is 1. The van der Waals surface area contributed by atoms with Crippen LogP contribution < -0.4 is 14.2 Å². The zero-order valence-corrected chi connectivity index (χ0v) is 17.3. The largest absolute Gasteiger partial charge is 0.497 e. The molecule has 0 fully saturated rings. The molecule has 0 unspecified atom stereocenters. The molecule has 0 radical (unpaired) electrons. The molecule has 0 aliphatic rings. The summed E-state index contributed by atoms with van der Waals surface area (Å²) >= 11 is 0. The molecule has 0 heterocycles. The van der Waals surface area contributed by atoms with Crippen molar-refractivity contribution in [3.63, 3.8) is 0 Å². The normalized spacial score (nSPS) is 10.6. The number of non-ortho nitro benzene ring substituents is 1. The molecule has 3 aromatic carbocycles. The first-order valence-electron chi connectivity index (χ1n) is 9.42. The molecule has 162 valence electrons. The summed E-state index contributed by atoms with van der Waals surface area (Å²) in [5, 5.41) is 10.7. The minimum absolute atomic E-state index is 0.121. The van der Waals surface area contributed by atoms with Gasteiger partial charge < -0.3 is 14.2 Å². The minimum atomic E-state index is -0.662. The number of ketones is 1. The third kappa shape index (κ3) is 5.37. The lowest BCUT2D eigenvalue weighted by molar-refractivity contribution is -0.384. The number of hydrogen-bond donors (Lipinski definition) is 0. The van der Waals surface area contributed by atoms with E-state index in [1.165, 1.54) is 61.7 Å². The van der Waals surface area contributed by atoms with Crippen LogP contribution in [0.25, 0.3) is 6.08 Å². The molecule has 0 atom stereocenters. The van der Waals surface area contributed by atoms with Crippen LogP contribution in [0.3, 0.4) is 0 Å². The van der Waals surface area contributed by atoms with Crippen LogP contribution in [0.4, 0.5) is 5.69 Å². The Balaban J connectivity index is 1.66. The summed E-state index contributed by atoms with van der Waals surface area (Å²) in [5.41, 5.74) is 1.18. The van der Waals surface area contributed by atoms with E-state index in [1.54, 1.807) is 31.4 Å². The van der Waals surface area contributed by atoms with Gasteiger partial charge in [0.25, 0.3) is 5.69 Å². The van der Waals surface area contributed by atoms with Gasteiger partial charge in [-0.3, -0.25) is 14.9 Å². The van der Waals surface area contributed by atoms with Crippen LogP contribution in [0.15, 0.2) is 72.8 Å². The molecule has 0 aliphatic heterocycles. The molecule has 3 aromatic rings. The summed E-state index contributed by atoms with van der Waals surface area (Å²) < 4.78 is 15.7. The summed E-state index contributed by atoms with van der Waals surface area (Å²) in [6.45, 7) is 0. The third-order valence-corrected chi connectivity index (χ3v) is 4.52. The maximum absolute atomic E-state index is 12.5. The van der Waals surface area contributed by atoms with Crippen molar-refractivity contribution in [1.82, 2.24) is 0 Å². The van der Waals surface area contributed by atoms with Gasteiger partial charge in [0.05, 0.1) is 24.7 Å². The average Bonchev–Trinajstić information content (AvgIpc) is 2.82. The second kappa shape index (κ2) is 10.0. The second-order valence-corrected chi connectivity index (χ2v) is 6.52. The standard InChI is InChI=1S/C24H19NO7/c1-30-21-13-7-17(23(15-21)31-2)8-14-22(26)16-5-11-20(12-6-16)32-24(27)18-3-9-19(10-4-18)25(28)29/h3-15H,1-2H3. The summed E-state index contributed by atoms with van der Waals surface area (Å²) in [6.07, 6.45) is 3.06. The van der Waals surface area contributed by atoms with Crippen LogP contribution in [0.2, 0.25) is 0 Å². The van der Waals surface area contributed by atoms with Crippen molar-refractivity contribution in [3.8, 4) is 17.2 Å². The van der Waals surface area contributed by atoms with Crippen molar-refractivity contribution < 1.29 is 28.7 Å². The van der Waals surface area contributed by atoms with Crippen LogP contribution in [-0.2, 0) is 0 Å². The van der Waals surface area contributed by atoms with E-state index < -0.39 is 10.9 Å². The highest BCUT2D eigenvalue weighted by atomic mass is 16.6. The molecule has 8 heteroatoms. The molecule has 0 amide bonds. The number of esters is 1. The van der Waals surface area contributed by atoms with Gasteiger partial charge in [0.2, 0.25) is 0 Å². The molecule has 0 aliphatic carbocycles. The van der Waals surface area contributed by atoms with E-state index in [4.69, 9.17) is 14.2 Å². The zero-order valence-electron chi connectivity index (χ0n) is 17.3. The second-order valence-electron chi connectivity index (χ2n) is 6.52. The first-order valence-corrected chi connectivity index (χ1v) is 9.42. The number of carbonyl (C=O) groups is 2. The first kappa shape index (κ1) is 22.2. The van der Waals surface area contributed by atoms with Gasteiger partial charge in [-0.1, -0.05) is 0 Å². The molecule has 0 spiro atoms. The van der Waals surface area contributed by atoms with Crippen LogP contribution in [0.1, 0.15) is 26.3 Å². The van der Waals surface area contributed by atoms with Crippen LogP contribution >= 0.6 is 0 Å². The van der Waals surface area contributed by atoms with E-state index in [-0.39, 0.29) is 22.8 Å². The van der Waals surface area contributed by atoms with Crippen molar-refractivity contribution in [3.05, 3.63) is 99.6 Å². The van der Waals surface area contributed by atoms with E-state index in [0.717, 1.165) is 5.56 Å². The van der Waals surface area contributed by atoms with Gasteiger partial charge in [-0.05, 0) is 60.7 Å². The van der Waals surface area contributed by atoms with E-state index in [1.807, 2.05) is 0 Å². The van der Waals surface area contributed by atoms with Crippen molar-refractivity contribution in [2.75, 3.05) is 14.2 Å². The van der Waals surface area contributed by atoms with Crippen LogP contribution in [0, 0.1) is 10.1 Å². The van der Waals surface area contributed by atoms with E-state index in [0.29, 0.717) is 17.1 Å². The van der Waals surface area contributed by atoms with Gasteiger partial charge >= 0.3 is 5.97 Å². The fourth-order valence-electron chi connectivity index (χ4n) is 2.79. The predicted molar refractivity (Wildman–Crippen MR) is 117 cm³/mol. The number of rotatable bonds is 8. The lowest BCUT2D eigenvalue weighted by atomic mass is 10.1. The number of carbonyl (C=O) groups excluding carboxylic acids is 2. The lowest BCUT2D eigenvalue weighted by Gasteiger charge is -2.07. The van der Waals surface area contributed by atoms with Crippen molar-refractivity contribution in [2.24, 2.45) is 0 Å². The van der Waals surface area contributed by atoms with Crippen molar-refractivity contribution >= 4 is 23.5 Å². The molecule has 32 heavy (non-hydrogen) atoms. The Bertz CT molecular complexity index is 1170. The smallest absolute Gasteiger partial charge is 0.343 e. The van der Waals surface area contributed by atoms with Gasteiger partial charge in [0, 0.05) is 29.3 Å². The average molecular weight is 433 g/mol. The zero-order chi connectivity index (χ0) is 23.1. The van der Waals surface area contributed by atoms with Gasteiger partial charge in [-0.25, -0.2) is 4.79 Å².